The second-order valence-corrected chi connectivity index (χ2v) is 6.86. The second kappa shape index (κ2) is 10.1. The average molecular weight is 387 g/mol. The average Bonchev–Trinajstić information content (AvgIpc) is 2.73. The molecule has 4 heteroatoms. The Morgan fingerprint density at radius 1 is 0.897 bits per heavy atom. The van der Waals surface area contributed by atoms with Crippen LogP contribution in [0.1, 0.15) is 25.0 Å². The predicted molar refractivity (Wildman–Crippen MR) is 117 cm³/mol. The molecule has 0 fully saturated rings. The van der Waals surface area contributed by atoms with Crippen LogP contribution in [0, 0.1) is 0 Å². The van der Waals surface area contributed by atoms with Crippen molar-refractivity contribution in [2.75, 3.05) is 5.32 Å². The molecule has 1 N–H and O–H groups in total. The molecule has 29 heavy (non-hydrogen) atoms. The van der Waals surface area contributed by atoms with Gasteiger partial charge in [-0.05, 0) is 67.4 Å². The van der Waals surface area contributed by atoms with Gasteiger partial charge in [0.05, 0.1) is 6.10 Å². The van der Waals surface area contributed by atoms with Crippen LogP contribution in [-0.2, 0) is 11.4 Å². The molecule has 0 aliphatic rings. The summed E-state index contributed by atoms with van der Waals surface area (Å²) in [4.78, 5) is 12.1. The highest BCUT2D eigenvalue weighted by molar-refractivity contribution is 6.01. The maximum absolute atomic E-state index is 12.1. The van der Waals surface area contributed by atoms with Gasteiger partial charge in [0, 0.05) is 11.8 Å². The molecule has 3 rings (SSSR count). The van der Waals surface area contributed by atoms with E-state index in [1.807, 2.05) is 92.7 Å². The van der Waals surface area contributed by atoms with E-state index >= 15 is 0 Å². The van der Waals surface area contributed by atoms with Gasteiger partial charge in [0.25, 0.3) is 0 Å². The molecular formula is C25H25NO3. The number of ether oxygens (including phenoxy) is 2. The van der Waals surface area contributed by atoms with E-state index in [4.69, 9.17) is 9.47 Å². The highest BCUT2D eigenvalue weighted by Gasteiger charge is 2.01. The van der Waals surface area contributed by atoms with Crippen LogP contribution in [0.4, 0.5) is 5.69 Å². The van der Waals surface area contributed by atoms with Crippen LogP contribution in [0.25, 0.3) is 6.08 Å². The molecule has 0 bridgehead atoms. The zero-order valence-corrected chi connectivity index (χ0v) is 16.7. The van der Waals surface area contributed by atoms with Gasteiger partial charge in [-0.1, -0.05) is 42.5 Å². The van der Waals surface area contributed by atoms with Gasteiger partial charge >= 0.3 is 0 Å². The Kier molecular flexibility index (Phi) is 7.06. The molecule has 0 aromatic heterocycles. The minimum Gasteiger partial charge on any atom is -0.491 e. The molecule has 0 heterocycles. The fourth-order valence-electron chi connectivity index (χ4n) is 2.66. The summed E-state index contributed by atoms with van der Waals surface area (Å²) in [5.74, 6) is 1.38. The number of hydrogen-bond acceptors (Lipinski definition) is 3. The number of anilines is 1. The van der Waals surface area contributed by atoms with Crippen molar-refractivity contribution < 1.29 is 14.3 Å². The van der Waals surface area contributed by atoms with Crippen molar-refractivity contribution in [1.29, 1.82) is 0 Å². The molecule has 148 valence electrons. The summed E-state index contributed by atoms with van der Waals surface area (Å²) in [7, 11) is 0. The number of carbonyl (C=O) groups is 1. The first kappa shape index (κ1) is 20.2. The molecule has 0 aliphatic heterocycles. The van der Waals surface area contributed by atoms with E-state index in [-0.39, 0.29) is 12.0 Å². The van der Waals surface area contributed by atoms with E-state index in [2.05, 4.69) is 5.32 Å². The van der Waals surface area contributed by atoms with E-state index in [1.165, 1.54) is 6.08 Å². The van der Waals surface area contributed by atoms with Gasteiger partial charge in [-0.15, -0.1) is 0 Å². The topological polar surface area (TPSA) is 47.6 Å². The highest BCUT2D eigenvalue weighted by atomic mass is 16.5. The Hall–Kier alpha value is -3.53. The van der Waals surface area contributed by atoms with Crippen LogP contribution in [0.15, 0.2) is 84.9 Å². The van der Waals surface area contributed by atoms with E-state index in [0.29, 0.717) is 6.61 Å². The number of amides is 1. The zero-order chi connectivity index (χ0) is 20.5. The summed E-state index contributed by atoms with van der Waals surface area (Å²) in [5, 5.41) is 2.84. The van der Waals surface area contributed by atoms with Crippen LogP contribution in [-0.4, -0.2) is 12.0 Å². The molecule has 0 radical (unpaired) electrons. The van der Waals surface area contributed by atoms with Gasteiger partial charge < -0.3 is 14.8 Å². The van der Waals surface area contributed by atoms with Crippen LogP contribution < -0.4 is 14.8 Å². The van der Waals surface area contributed by atoms with Crippen LogP contribution in [0.3, 0.4) is 0 Å². The fraction of sp³-hybridized carbons (Fsp3) is 0.160. The van der Waals surface area contributed by atoms with Crippen molar-refractivity contribution in [1.82, 2.24) is 0 Å². The summed E-state index contributed by atoms with van der Waals surface area (Å²) in [6.45, 7) is 4.48. The summed E-state index contributed by atoms with van der Waals surface area (Å²) >= 11 is 0. The van der Waals surface area contributed by atoms with Gasteiger partial charge in [0.1, 0.15) is 18.1 Å². The Morgan fingerprint density at radius 2 is 1.55 bits per heavy atom. The largest absolute Gasteiger partial charge is 0.491 e. The first-order valence-electron chi connectivity index (χ1n) is 9.61. The molecule has 4 nitrogen and oxygen atoms in total. The quantitative estimate of drug-likeness (QED) is 0.504. The van der Waals surface area contributed by atoms with Crippen molar-refractivity contribution in [3.05, 3.63) is 96.1 Å². The zero-order valence-electron chi connectivity index (χ0n) is 16.7. The molecule has 0 atom stereocenters. The van der Waals surface area contributed by atoms with E-state index in [0.717, 1.165) is 28.3 Å². The lowest BCUT2D eigenvalue weighted by Crippen LogP contribution is -2.08. The van der Waals surface area contributed by atoms with Gasteiger partial charge in [-0.25, -0.2) is 0 Å². The van der Waals surface area contributed by atoms with E-state index in [9.17, 15) is 4.79 Å². The van der Waals surface area contributed by atoms with Crippen LogP contribution in [0.5, 0.6) is 11.5 Å². The third-order valence-electron chi connectivity index (χ3n) is 4.05. The minimum atomic E-state index is -0.188. The molecular weight excluding hydrogens is 362 g/mol. The summed E-state index contributed by atoms with van der Waals surface area (Å²) in [6.07, 6.45) is 3.40. The maximum atomic E-state index is 12.1. The smallest absolute Gasteiger partial charge is 0.248 e. The lowest BCUT2D eigenvalue weighted by molar-refractivity contribution is -0.111. The minimum absolute atomic E-state index is 0.119. The third-order valence-corrected chi connectivity index (χ3v) is 4.05. The number of nitrogens with one attached hydrogen (secondary N) is 1. The lowest BCUT2D eigenvalue weighted by atomic mass is 10.2. The van der Waals surface area contributed by atoms with Gasteiger partial charge in [0.15, 0.2) is 0 Å². The first-order valence-corrected chi connectivity index (χ1v) is 9.61. The van der Waals surface area contributed by atoms with E-state index < -0.39 is 0 Å². The Bertz CT molecular complexity index is 930. The molecule has 0 saturated carbocycles. The standard InChI is InChI=1S/C25H25NO3/c1-19(2)29-24-15-11-22(12-16-24)26-25(27)17-10-20-8-13-23(14-9-20)28-18-21-6-4-3-5-7-21/h3-17,19H,18H2,1-2H3,(H,26,27). The van der Waals surface area contributed by atoms with Gasteiger partial charge in [0.2, 0.25) is 5.91 Å². The molecule has 0 spiro atoms. The lowest BCUT2D eigenvalue weighted by Gasteiger charge is -2.10. The second-order valence-electron chi connectivity index (χ2n) is 6.86. The number of benzene rings is 3. The fourth-order valence-corrected chi connectivity index (χ4v) is 2.66. The molecule has 1 amide bonds. The normalized spacial score (nSPS) is 10.9. The molecule has 3 aromatic carbocycles. The van der Waals surface area contributed by atoms with Crippen LogP contribution in [0.2, 0.25) is 0 Å². The highest BCUT2D eigenvalue weighted by Crippen LogP contribution is 2.18. The summed E-state index contributed by atoms with van der Waals surface area (Å²) in [5.41, 5.74) is 2.77. The Labute approximate surface area is 171 Å². The molecule has 0 aliphatic carbocycles. The summed E-state index contributed by atoms with van der Waals surface area (Å²) in [6, 6.07) is 25.0. The molecule has 0 saturated heterocycles. The third kappa shape index (κ3) is 6.85. The van der Waals surface area contributed by atoms with Crippen molar-refractivity contribution >= 4 is 17.7 Å². The van der Waals surface area contributed by atoms with E-state index in [1.54, 1.807) is 6.08 Å². The SMILES string of the molecule is CC(C)Oc1ccc(NC(=O)C=Cc2ccc(OCc3ccccc3)cc2)cc1. The summed E-state index contributed by atoms with van der Waals surface area (Å²) < 4.78 is 11.4. The van der Waals surface area contributed by atoms with Crippen molar-refractivity contribution in [2.45, 2.75) is 26.6 Å². The molecule has 3 aromatic rings. The molecule has 0 unspecified atom stereocenters. The number of carbonyl (C=O) groups excluding carboxylic acids is 1. The van der Waals surface area contributed by atoms with Crippen molar-refractivity contribution in [2.24, 2.45) is 0 Å². The van der Waals surface area contributed by atoms with Crippen molar-refractivity contribution in [3.8, 4) is 11.5 Å². The van der Waals surface area contributed by atoms with Gasteiger partial charge in [-0.3, -0.25) is 4.79 Å². The number of rotatable bonds is 8. The monoisotopic (exact) mass is 387 g/mol. The van der Waals surface area contributed by atoms with Gasteiger partial charge in [-0.2, -0.15) is 0 Å². The Morgan fingerprint density at radius 3 is 2.21 bits per heavy atom. The first-order chi connectivity index (χ1) is 14.1. The maximum Gasteiger partial charge on any atom is 0.248 e. The van der Waals surface area contributed by atoms with Crippen molar-refractivity contribution in [3.63, 3.8) is 0 Å². The predicted octanol–water partition coefficient (Wildman–Crippen LogP) is 5.70. The van der Waals surface area contributed by atoms with Crippen LogP contribution >= 0.6 is 0 Å². The number of hydrogen-bond donors (Lipinski definition) is 1. The Balaban J connectivity index is 1.49.